The van der Waals surface area contributed by atoms with E-state index in [0.717, 1.165) is 5.56 Å². The molecule has 5 heteroatoms. The summed E-state index contributed by atoms with van der Waals surface area (Å²) in [6, 6.07) is 15.5. The molecule has 0 spiro atoms. The van der Waals surface area contributed by atoms with Crippen LogP contribution < -0.4 is 5.73 Å². The summed E-state index contributed by atoms with van der Waals surface area (Å²) in [7, 11) is 0. The Balaban J connectivity index is 2.27. The van der Waals surface area contributed by atoms with E-state index in [4.69, 9.17) is 11.0 Å². The second kappa shape index (κ2) is 6.44. The molecule has 106 valence electrons. The van der Waals surface area contributed by atoms with Crippen LogP contribution in [-0.4, -0.2) is 22.5 Å². The van der Waals surface area contributed by atoms with Crippen LogP contribution in [0, 0.1) is 11.3 Å². The molecule has 2 rings (SSSR count). The van der Waals surface area contributed by atoms with Crippen molar-refractivity contribution in [2.24, 2.45) is 0 Å². The molecule has 0 heterocycles. The molecule has 0 aromatic heterocycles. The number of rotatable bonds is 4. The van der Waals surface area contributed by atoms with E-state index in [-0.39, 0.29) is 29.5 Å². The van der Waals surface area contributed by atoms with Crippen LogP contribution in [0.5, 0.6) is 5.75 Å². The van der Waals surface area contributed by atoms with E-state index in [2.05, 4.69) is 0 Å². The minimum absolute atomic E-state index is 0.0378. The van der Waals surface area contributed by atoms with Gasteiger partial charge in [-0.05, 0) is 23.8 Å². The van der Waals surface area contributed by atoms with E-state index in [1.54, 1.807) is 0 Å². The Kier molecular flexibility index (Phi) is 4.42. The Bertz CT molecular complexity index is 678. The zero-order chi connectivity index (χ0) is 15.2. The Morgan fingerprint density at radius 1 is 1.24 bits per heavy atom. The number of nitrogen functional groups attached to an aromatic ring is 1. The van der Waals surface area contributed by atoms with Crippen LogP contribution in [0.4, 0.5) is 5.69 Å². The number of nitrogens with zero attached hydrogens (tertiary/aromatic N) is 2. The highest BCUT2D eigenvalue weighted by Gasteiger charge is 2.18. The van der Waals surface area contributed by atoms with Gasteiger partial charge in [-0.25, -0.2) is 0 Å². The number of benzene rings is 2. The number of phenolic OH excluding ortho intramolecular Hbond substituents is 1. The summed E-state index contributed by atoms with van der Waals surface area (Å²) >= 11 is 0. The summed E-state index contributed by atoms with van der Waals surface area (Å²) in [5.41, 5.74) is 7.16. The van der Waals surface area contributed by atoms with Crippen molar-refractivity contribution in [3.63, 3.8) is 0 Å². The topological polar surface area (TPSA) is 90.3 Å². The first kappa shape index (κ1) is 14.4. The highest BCUT2D eigenvalue weighted by atomic mass is 16.3. The van der Waals surface area contributed by atoms with Gasteiger partial charge < -0.3 is 15.7 Å². The van der Waals surface area contributed by atoms with E-state index in [1.165, 1.54) is 23.1 Å². The van der Waals surface area contributed by atoms with Gasteiger partial charge in [-0.2, -0.15) is 5.26 Å². The zero-order valence-electron chi connectivity index (χ0n) is 11.4. The van der Waals surface area contributed by atoms with Crippen LogP contribution in [0.2, 0.25) is 0 Å². The Labute approximate surface area is 122 Å². The summed E-state index contributed by atoms with van der Waals surface area (Å²) in [4.78, 5) is 13.9. The first-order valence-corrected chi connectivity index (χ1v) is 6.40. The Morgan fingerprint density at radius 2 is 1.95 bits per heavy atom. The average molecular weight is 281 g/mol. The largest absolute Gasteiger partial charge is 0.508 e. The molecule has 0 aliphatic rings. The van der Waals surface area contributed by atoms with Gasteiger partial charge in [0, 0.05) is 12.2 Å². The van der Waals surface area contributed by atoms with E-state index in [0.29, 0.717) is 6.54 Å². The predicted molar refractivity (Wildman–Crippen MR) is 79.3 cm³/mol. The smallest absolute Gasteiger partial charge is 0.257 e. The molecule has 0 saturated heterocycles. The van der Waals surface area contributed by atoms with Gasteiger partial charge >= 0.3 is 0 Å². The van der Waals surface area contributed by atoms with E-state index in [9.17, 15) is 9.90 Å². The fourth-order valence-corrected chi connectivity index (χ4v) is 1.99. The van der Waals surface area contributed by atoms with Crippen LogP contribution in [0.3, 0.4) is 0 Å². The van der Waals surface area contributed by atoms with Crippen LogP contribution in [0.25, 0.3) is 0 Å². The molecule has 1 amide bonds. The molecule has 0 saturated carbocycles. The maximum Gasteiger partial charge on any atom is 0.257 e. The molecule has 5 nitrogen and oxygen atoms in total. The van der Waals surface area contributed by atoms with Gasteiger partial charge in [0.15, 0.2) is 0 Å². The van der Waals surface area contributed by atoms with E-state index < -0.39 is 0 Å². The van der Waals surface area contributed by atoms with E-state index >= 15 is 0 Å². The number of nitrogens with two attached hydrogens (primary N) is 1. The maximum absolute atomic E-state index is 12.5. The second-order valence-corrected chi connectivity index (χ2v) is 4.58. The number of aromatic hydroxyl groups is 1. The number of phenols is 1. The third-order valence-electron chi connectivity index (χ3n) is 3.03. The van der Waals surface area contributed by atoms with Crippen molar-refractivity contribution in [3.05, 3.63) is 59.7 Å². The lowest BCUT2D eigenvalue weighted by Crippen LogP contribution is -2.31. The molecular formula is C16H15N3O2. The molecule has 21 heavy (non-hydrogen) atoms. The van der Waals surface area contributed by atoms with Crippen LogP contribution in [-0.2, 0) is 6.54 Å². The van der Waals surface area contributed by atoms with Crippen LogP contribution in [0.1, 0.15) is 15.9 Å². The lowest BCUT2D eigenvalue weighted by atomic mass is 10.1. The Hall–Kier alpha value is -3.00. The van der Waals surface area contributed by atoms with Crippen molar-refractivity contribution < 1.29 is 9.90 Å². The average Bonchev–Trinajstić information content (AvgIpc) is 2.49. The van der Waals surface area contributed by atoms with Gasteiger partial charge in [-0.1, -0.05) is 30.3 Å². The number of carbonyl (C=O) groups is 1. The standard InChI is InChI=1S/C16H15N3O2/c17-8-9-19(11-12-4-2-1-3-5-12)16(21)14-10-13(20)6-7-15(14)18/h1-7,10,20H,9,11,18H2. The lowest BCUT2D eigenvalue weighted by Gasteiger charge is -2.20. The highest BCUT2D eigenvalue weighted by Crippen LogP contribution is 2.21. The molecule has 0 atom stereocenters. The molecule has 0 bridgehead atoms. The molecular weight excluding hydrogens is 266 g/mol. The maximum atomic E-state index is 12.5. The number of hydrogen-bond acceptors (Lipinski definition) is 4. The Morgan fingerprint density at radius 3 is 2.62 bits per heavy atom. The van der Waals surface area contributed by atoms with Gasteiger partial charge in [0.2, 0.25) is 0 Å². The number of anilines is 1. The quantitative estimate of drug-likeness (QED) is 0.510. The van der Waals surface area contributed by atoms with Crippen molar-refractivity contribution in [3.8, 4) is 11.8 Å². The number of hydrogen-bond donors (Lipinski definition) is 2. The number of carbonyl (C=O) groups excluding carboxylic acids is 1. The lowest BCUT2D eigenvalue weighted by molar-refractivity contribution is 0.0765. The molecule has 0 aliphatic heterocycles. The van der Waals surface area contributed by atoms with Crippen molar-refractivity contribution in [1.82, 2.24) is 4.90 Å². The second-order valence-electron chi connectivity index (χ2n) is 4.58. The third kappa shape index (κ3) is 3.51. The van der Waals surface area contributed by atoms with Crippen LogP contribution >= 0.6 is 0 Å². The monoisotopic (exact) mass is 281 g/mol. The summed E-state index contributed by atoms with van der Waals surface area (Å²) in [5.74, 6) is -0.419. The molecule has 3 N–H and O–H groups in total. The first-order valence-electron chi connectivity index (χ1n) is 6.40. The summed E-state index contributed by atoms with van der Waals surface area (Å²) in [5, 5.41) is 18.4. The zero-order valence-corrected chi connectivity index (χ0v) is 11.4. The molecule has 2 aromatic carbocycles. The van der Waals surface area contributed by atoms with Crippen LogP contribution in [0.15, 0.2) is 48.5 Å². The minimum Gasteiger partial charge on any atom is -0.508 e. The summed E-state index contributed by atoms with van der Waals surface area (Å²) in [6.45, 7) is 0.255. The fourth-order valence-electron chi connectivity index (χ4n) is 1.99. The van der Waals surface area contributed by atoms with Gasteiger partial charge in [0.05, 0.1) is 11.6 Å². The summed E-state index contributed by atoms with van der Waals surface area (Å²) < 4.78 is 0. The molecule has 0 unspecified atom stereocenters. The predicted octanol–water partition coefficient (Wildman–Crippen LogP) is 2.14. The third-order valence-corrected chi connectivity index (χ3v) is 3.03. The van der Waals surface area contributed by atoms with Crippen molar-refractivity contribution in [1.29, 1.82) is 5.26 Å². The fraction of sp³-hybridized carbons (Fsp3) is 0.125. The summed E-state index contributed by atoms with van der Waals surface area (Å²) in [6.07, 6.45) is 0. The number of amides is 1. The van der Waals surface area contributed by atoms with Gasteiger partial charge in [0.1, 0.15) is 12.3 Å². The molecule has 0 radical (unpaired) electrons. The molecule has 0 aliphatic carbocycles. The number of nitriles is 1. The minimum atomic E-state index is -0.381. The van der Waals surface area contributed by atoms with Gasteiger partial charge in [-0.3, -0.25) is 4.79 Å². The SMILES string of the molecule is N#CCN(Cc1ccccc1)C(=O)c1cc(O)ccc1N. The van der Waals surface area contributed by atoms with Crippen molar-refractivity contribution in [2.45, 2.75) is 6.54 Å². The normalized spacial score (nSPS) is 9.86. The van der Waals surface area contributed by atoms with Gasteiger partial charge in [-0.15, -0.1) is 0 Å². The van der Waals surface area contributed by atoms with E-state index in [1.807, 2.05) is 36.4 Å². The van der Waals surface area contributed by atoms with Gasteiger partial charge in [0.25, 0.3) is 5.91 Å². The molecule has 2 aromatic rings. The highest BCUT2D eigenvalue weighted by molar-refractivity contribution is 5.99. The van der Waals surface area contributed by atoms with Crippen molar-refractivity contribution >= 4 is 11.6 Å². The van der Waals surface area contributed by atoms with Crippen molar-refractivity contribution in [2.75, 3.05) is 12.3 Å². The molecule has 0 fully saturated rings. The first-order chi connectivity index (χ1) is 10.1.